The lowest BCUT2D eigenvalue weighted by Crippen LogP contribution is -2.44. The molecule has 2 aromatic rings. The van der Waals surface area contributed by atoms with Crippen molar-refractivity contribution in [3.05, 3.63) is 48.0 Å². The molecule has 3 rings (SSSR count). The van der Waals surface area contributed by atoms with Crippen LogP contribution < -0.4 is 10.6 Å². The fourth-order valence-electron chi connectivity index (χ4n) is 3.39. The van der Waals surface area contributed by atoms with Crippen LogP contribution in [0, 0.1) is 0 Å². The van der Waals surface area contributed by atoms with Crippen LogP contribution in [-0.2, 0) is 9.53 Å². The number of benzene rings is 2. The van der Waals surface area contributed by atoms with Crippen molar-refractivity contribution in [2.24, 2.45) is 4.99 Å². The Balaban J connectivity index is 1.69. The maximum Gasteiger partial charge on any atom is 0.243 e. The average molecular weight is 397 g/mol. The van der Waals surface area contributed by atoms with Gasteiger partial charge in [0.1, 0.15) is 6.54 Å². The molecular formula is C23H32N4O2. The van der Waals surface area contributed by atoms with Crippen molar-refractivity contribution in [3.8, 4) is 0 Å². The van der Waals surface area contributed by atoms with Gasteiger partial charge in [0.25, 0.3) is 0 Å². The Labute approximate surface area is 173 Å². The minimum Gasteiger partial charge on any atom is -0.376 e. The van der Waals surface area contributed by atoms with Crippen LogP contribution in [0.5, 0.6) is 0 Å². The van der Waals surface area contributed by atoms with Gasteiger partial charge in [0.2, 0.25) is 5.91 Å². The number of aliphatic imine (C=N–C) groups is 1. The van der Waals surface area contributed by atoms with Crippen molar-refractivity contribution < 1.29 is 9.53 Å². The molecule has 156 valence electrons. The third-order valence-electron chi connectivity index (χ3n) is 5.27. The normalized spacial score (nSPS) is 18.3. The van der Waals surface area contributed by atoms with Crippen molar-refractivity contribution in [3.63, 3.8) is 0 Å². The van der Waals surface area contributed by atoms with E-state index in [1.165, 1.54) is 22.8 Å². The van der Waals surface area contributed by atoms with Crippen LogP contribution in [0.1, 0.15) is 37.8 Å². The Hall–Kier alpha value is -2.60. The lowest BCUT2D eigenvalue weighted by atomic mass is 10.0. The lowest BCUT2D eigenvalue weighted by Gasteiger charge is -2.25. The van der Waals surface area contributed by atoms with E-state index in [1.807, 2.05) is 6.07 Å². The van der Waals surface area contributed by atoms with E-state index < -0.39 is 0 Å². The Morgan fingerprint density at radius 2 is 2.00 bits per heavy atom. The zero-order valence-electron chi connectivity index (χ0n) is 17.6. The molecule has 2 atom stereocenters. The number of hydrogen-bond donors (Lipinski definition) is 2. The monoisotopic (exact) mass is 396 g/mol. The summed E-state index contributed by atoms with van der Waals surface area (Å²) in [4.78, 5) is 18.1. The Kier molecular flexibility index (Phi) is 7.47. The molecule has 29 heavy (non-hydrogen) atoms. The molecule has 0 bridgehead atoms. The maximum atomic E-state index is 12.0. The largest absolute Gasteiger partial charge is 0.376 e. The summed E-state index contributed by atoms with van der Waals surface area (Å²) in [6, 6.07) is 14.8. The number of ether oxygens (including phenoxy) is 1. The number of fused-ring (bicyclic) bond motifs is 1. The van der Waals surface area contributed by atoms with E-state index in [0.29, 0.717) is 12.5 Å². The van der Waals surface area contributed by atoms with Gasteiger partial charge in [-0.1, -0.05) is 36.4 Å². The summed E-state index contributed by atoms with van der Waals surface area (Å²) >= 11 is 0. The standard InChI is InChI=1S/C23H32N4O2/c1-17(19-12-11-18-8-4-5-9-20(18)14-19)26-23(25-16-22(28)27(2)3)24-15-21-10-6-7-13-29-21/h4-5,8-9,11-12,14,17,21H,6-7,10,13,15-16H2,1-3H3,(H2,24,25,26). The summed E-state index contributed by atoms with van der Waals surface area (Å²) in [5.74, 6) is 0.605. The van der Waals surface area contributed by atoms with Gasteiger partial charge in [0, 0.05) is 27.2 Å². The van der Waals surface area contributed by atoms with E-state index in [1.54, 1.807) is 19.0 Å². The van der Waals surface area contributed by atoms with Gasteiger partial charge < -0.3 is 20.3 Å². The smallest absolute Gasteiger partial charge is 0.243 e. The summed E-state index contributed by atoms with van der Waals surface area (Å²) in [6.45, 7) is 3.72. The van der Waals surface area contributed by atoms with Crippen LogP contribution in [0.2, 0.25) is 0 Å². The molecule has 1 fully saturated rings. The molecule has 0 radical (unpaired) electrons. The minimum absolute atomic E-state index is 0.0293. The topological polar surface area (TPSA) is 66.0 Å². The third kappa shape index (κ3) is 6.19. The highest BCUT2D eigenvalue weighted by molar-refractivity contribution is 5.86. The third-order valence-corrected chi connectivity index (χ3v) is 5.27. The Morgan fingerprint density at radius 3 is 2.72 bits per heavy atom. The lowest BCUT2D eigenvalue weighted by molar-refractivity contribution is -0.127. The quantitative estimate of drug-likeness (QED) is 0.582. The number of nitrogens with one attached hydrogen (secondary N) is 2. The van der Waals surface area contributed by atoms with Crippen LogP contribution in [-0.4, -0.2) is 56.7 Å². The Morgan fingerprint density at radius 1 is 1.21 bits per heavy atom. The predicted molar refractivity (Wildman–Crippen MR) is 118 cm³/mol. The number of carbonyl (C=O) groups is 1. The summed E-state index contributed by atoms with van der Waals surface area (Å²) in [5.41, 5.74) is 1.17. The SMILES string of the molecule is CC(NC(=NCC(=O)N(C)C)NCC1CCCCO1)c1ccc2ccccc2c1. The minimum atomic E-state index is -0.0293. The van der Waals surface area contributed by atoms with E-state index in [0.717, 1.165) is 19.4 Å². The van der Waals surface area contributed by atoms with E-state index in [2.05, 4.69) is 58.9 Å². The fraction of sp³-hybridized carbons (Fsp3) is 0.478. The van der Waals surface area contributed by atoms with Gasteiger partial charge in [-0.3, -0.25) is 4.79 Å². The molecule has 0 saturated carbocycles. The molecule has 6 nitrogen and oxygen atoms in total. The van der Waals surface area contributed by atoms with Crippen molar-refractivity contribution in [1.82, 2.24) is 15.5 Å². The molecular weight excluding hydrogens is 364 g/mol. The van der Waals surface area contributed by atoms with Crippen molar-refractivity contribution in [1.29, 1.82) is 0 Å². The van der Waals surface area contributed by atoms with Crippen molar-refractivity contribution in [2.75, 3.05) is 33.8 Å². The highest BCUT2D eigenvalue weighted by atomic mass is 16.5. The van der Waals surface area contributed by atoms with Crippen LogP contribution in [0.25, 0.3) is 10.8 Å². The summed E-state index contributed by atoms with van der Waals surface area (Å²) in [6.07, 6.45) is 3.57. The van der Waals surface area contributed by atoms with Gasteiger partial charge in [-0.05, 0) is 48.6 Å². The molecule has 1 heterocycles. The molecule has 1 saturated heterocycles. The number of nitrogens with zero attached hydrogens (tertiary/aromatic N) is 2. The maximum absolute atomic E-state index is 12.0. The number of guanidine groups is 1. The van der Waals surface area contributed by atoms with Gasteiger partial charge in [-0.25, -0.2) is 4.99 Å². The molecule has 1 amide bonds. The second kappa shape index (κ2) is 10.3. The summed E-state index contributed by atoms with van der Waals surface area (Å²) in [7, 11) is 3.48. The van der Waals surface area contributed by atoms with E-state index >= 15 is 0 Å². The highest BCUT2D eigenvalue weighted by Crippen LogP contribution is 2.20. The first kappa shape index (κ1) is 21.1. The highest BCUT2D eigenvalue weighted by Gasteiger charge is 2.16. The van der Waals surface area contributed by atoms with Crippen LogP contribution in [0.3, 0.4) is 0 Å². The van der Waals surface area contributed by atoms with Crippen LogP contribution >= 0.6 is 0 Å². The van der Waals surface area contributed by atoms with Crippen LogP contribution in [0.4, 0.5) is 0 Å². The van der Waals surface area contributed by atoms with Gasteiger partial charge in [0.05, 0.1) is 12.1 Å². The van der Waals surface area contributed by atoms with E-state index in [9.17, 15) is 4.79 Å². The molecule has 2 unspecified atom stereocenters. The van der Waals surface area contributed by atoms with Crippen molar-refractivity contribution in [2.45, 2.75) is 38.3 Å². The number of amides is 1. The summed E-state index contributed by atoms with van der Waals surface area (Å²) in [5, 5.41) is 9.24. The fourth-order valence-corrected chi connectivity index (χ4v) is 3.39. The zero-order valence-corrected chi connectivity index (χ0v) is 17.6. The predicted octanol–water partition coefficient (Wildman–Crippen LogP) is 3.09. The van der Waals surface area contributed by atoms with Crippen molar-refractivity contribution >= 4 is 22.6 Å². The molecule has 2 aromatic carbocycles. The number of carbonyl (C=O) groups excluding carboxylic acids is 1. The number of hydrogen-bond acceptors (Lipinski definition) is 3. The first-order valence-corrected chi connectivity index (χ1v) is 10.4. The summed E-state index contributed by atoms with van der Waals surface area (Å²) < 4.78 is 5.81. The number of likely N-dealkylation sites (N-methyl/N-ethyl adjacent to an activating group) is 1. The first-order valence-electron chi connectivity index (χ1n) is 10.4. The Bertz CT molecular complexity index is 844. The van der Waals surface area contributed by atoms with Crippen LogP contribution in [0.15, 0.2) is 47.5 Å². The molecule has 1 aliphatic heterocycles. The second-order valence-corrected chi connectivity index (χ2v) is 7.80. The first-order chi connectivity index (χ1) is 14.0. The van der Waals surface area contributed by atoms with Gasteiger partial charge in [0.15, 0.2) is 5.96 Å². The van der Waals surface area contributed by atoms with Gasteiger partial charge in [-0.2, -0.15) is 0 Å². The van der Waals surface area contributed by atoms with Gasteiger partial charge >= 0.3 is 0 Å². The molecule has 6 heteroatoms. The molecule has 0 aliphatic carbocycles. The second-order valence-electron chi connectivity index (χ2n) is 7.80. The zero-order chi connectivity index (χ0) is 20.6. The van der Waals surface area contributed by atoms with E-state index in [-0.39, 0.29) is 24.6 Å². The molecule has 1 aliphatic rings. The molecule has 0 aromatic heterocycles. The average Bonchev–Trinajstić information content (AvgIpc) is 2.75. The molecule has 0 spiro atoms. The molecule has 2 N–H and O–H groups in total. The number of rotatable bonds is 6. The van der Waals surface area contributed by atoms with E-state index in [4.69, 9.17) is 4.74 Å². The van der Waals surface area contributed by atoms with Gasteiger partial charge in [-0.15, -0.1) is 0 Å².